The summed E-state index contributed by atoms with van der Waals surface area (Å²) in [6.07, 6.45) is 1.39. The maximum absolute atomic E-state index is 13.0. The second kappa shape index (κ2) is 8.46. The molecule has 1 aliphatic heterocycles. The zero-order valence-electron chi connectivity index (χ0n) is 17.0. The van der Waals surface area contributed by atoms with Crippen molar-refractivity contribution in [2.75, 3.05) is 15.5 Å². The Bertz CT molecular complexity index is 845. The summed E-state index contributed by atoms with van der Waals surface area (Å²) in [7, 11) is 0. The molecule has 2 unspecified atom stereocenters. The predicted octanol–water partition coefficient (Wildman–Crippen LogP) is 4.45. The van der Waals surface area contributed by atoms with Crippen LogP contribution in [0.1, 0.15) is 39.7 Å². The molecule has 1 aliphatic rings. The van der Waals surface area contributed by atoms with Gasteiger partial charge in [-0.05, 0) is 62.1 Å². The fourth-order valence-corrected chi connectivity index (χ4v) is 3.65. The molecule has 2 aromatic carbocycles. The molecular formula is C23H29N3O2. The standard InChI is InChI=1S/C23H29N3O2/c1-15(2)13-22(27)25-20-11-9-19(10-12-20)24-17(4)23(28)26-16(3)14-18-7-5-6-8-21(18)26/h5-12,15-17,24H,13-14H2,1-4H3,(H,25,27). The zero-order chi connectivity index (χ0) is 20.3. The van der Waals surface area contributed by atoms with Gasteiger partial charge in [0.15, 0.2) is 0 Å². The molecule has 5 heteroatoms. The van der Waals surface area contributed by atoms with Crippen LogP contribution >= 0.6 is 0 Å². The number of nitrogens with zero attached hydrogens (tertiary/aromatic N) is 1. The monoisotopic (exact) mass is 379 g/mol. The minimum Gasteiger partial charge on any atom is -0.374 e. The fraction of sp³-hybridized carbons (Fsp3) is 0.391. The van der Waals surface area contributed by atoms with Gasteiger partial charge in [0, 0.05) is 29.5 Å². The SMILES string of the molecule is CC(C)CC(=O)Nc1ccc(NC(C)C(=O)N2c3ccccc3CC2C)cc1. The Hall–Kier alpha value is -2.82. The van der Waals surface area contributed by atoms with Gasteiger partial charge in [-0.1, -0.05) is 32.0 Å². The number of benzene rings is 2. The van der Waals surface area contributed by atoms with Gasteiger partial charge in [-0.25, -0.2) is 0 Å². The van der Waals surface area contributed by atoms with Gasteiger partial charge < -0.3 is 15.5 Å². The smallest absolute Gasteiger partial charge is 0.249 e. The summed E-state index contributed by atoms with van der Waals surface area (Å²) in [4.78, 5) is 26.8. The van der Waals surface area contributed by atoms with E-state index >= 15 is 0 Å². The summed E-state index contributed by atoms with van der Waals surface area (Å²) in [5.41, 5.74) is 3.84. The third-order valence-electron chi connectivity index (χ3n) is 4.96. The lowest BCUT2D eigenvalue weighted by molar-refractivity contribution is -0.119. The second-order valence-corrected chi connectivity index (χ2v) is 7.98. The van der Waals surface area contributed by atoms with Gasteiger partial charge >= 0.3 is 0 Å². The molecule has 0 fully saturated rings. The highest BCUT2D eigenvalue weighted by Crippen LogP contribution is 2.32. The number of carbonyl (C=O) groups is 2. The third kappa shape index (κ3) is 4.53. The minimum absolute atomic E-state index is 0.0148. The zero-order valence-corrected chi connectivity index (χ0v) is 17.0. The molecule has 28 heavy (non-hydrogen) atoms. The van der Waals surface area contributed by atoms with Crippen LogP contribution in [0.4, 0.5) is 17.1 Å². The normalized spacial score (nSPS) is 16.6. The Morgan fingerprint density at radius 2 is 1.68 bits per heavy atom. The number of para-hydroxylation sites is 1. The molecular weight excluding hydrogens is 350 g/mol. The van der Waals surface area contributed by atoms with Crippen LogP contribution in [0.5, 0.6) is 0 Å². The van der Waals surface area contributed by atoms with Gasteiger partial charge in [0.25, 0.3) is 0 Å². The largest absolute Gasteiger partial charge is 0.374 e. The van der Waals surface area contributed by atoms with Crippen LogP contribution in [-0.2, 0) is 16.0 Å². The number of anilines is 3. The number of rotatable bonds is 6. The molecule has 2 aromatic rings. The van der Waals surface area contributed by atoms with Crippen molar-refractivity contribution in [3.63, 3.8) is 0 Å². The van der Waals surface area contributed by atoms with Crippen molar-refractivity contribution in [2.24, 2.45) is 5.92 Å². The van der Waals surface area contributed by atoms with Crippen LogP contribution in [-0.4, -0.2) is 23.9 Å². The van der Waals surface area contributed by atoms with Crippen molar-refractivity contribution in [1.29, 1.82) is 0 Å². The molecule has 0 saturated heterocycles. The van der Waals surface area contributed by atoms with Crippen molar-refractivity contribution in [2.45, 2.75) is 52.6 Å². The molecule has 0 bridgehead atoms. The highest BCUT2D eigenvalue weighted by Gasteiger charge is 2.32. The fourth-order valence-electron chi connectivity index (χ4n) is 3.65. The molecule has 0 saturated carbocycles. The van der Waals surface area contributed by atoms with Crippen LogP contribution in [0.2, 0.25) is 0 Å². The maximum atomic E-state index is 13.0. The number of amides is 2. The van der Waals surface area contributed by atoms with E-state index in [0.717, 1.165) is 23.5 Å². The lowest BCUT2D eigenvalue weighted by Crippen LogP contribution is -2.44. The van der Waals surface area contributed by atoms with Crippen molar-refractivity contribution in [3.8, 4) is 0 Å². The molecule has 2 N–H and O–H groups in total. The first-order chi connectivity index (χ1) is 13.3. The molecule has 0 radical (unpaired) electrons. The molecule has 3 rings (SSSR count). The van der Waals surface area contributed by atoms with E-state index in [0.29, 0.717) is 12.3 Å². The van der Waals surface area contributed by atoms with E-state index in [-0.39, 0.29) is 23.9 Å². The van der Waals surface area contributed by atoms with E-state index < -0.39 is 0 Å². The van der Waals surface area contributed by atoms with Crippen molar-refractivity contribution in [1.82, 2.24) is 0 Å². The summed E-state index contributed by atoms with van der Waals surface area (Å²) < 4.78 is 0. The maximum Gasteiger partial charge on any atom is 0.249 e. The van der Waals surface area contributed by atoms with Gasteiger partial charge in [-0.2, -0.15) is 0 Å². The van der Waals surface area contributed by atoms with Gasteiger partial charge in [0.2, 0.25) is 11.8 Å². The first-order valence-electron chi connectivity index (χ1n) is 9.92. The van der Waals surface area contributed by atoms with Gasteiger partial charge in [0.05, 0.1) is 0 Å². The summed E-state index contributed by atoms with van der Waals surface area (Å²) >= 11 is 0. The van der Waals surface area contributed by atoms with Gasteiger partial charge in [-0.15, -0.1) is 0 Å². The van der Waals surface area contributed by atoms with E-state index in [1.54, 1.807) is 0 Å². The van der Waals surface area contributed by atoms with E-state index in [2.05, 4.69) is 23.6 Å². The summed E-state index contributed by atoms with van der Waals surface area (Å²) in [5, 5.41) is 6.17. The molecule has 1 heterocycles. The molecule has 0 aliphatic carbocycles. The molecule has 2 amide bonds. The first kappa shape index (κ1) is 19.9. The third-order valence-corrected chi connectivity index (χ3v) is 4.96. The van der Waals surface area contributed by atoms with Crippen LogP contribution in [0.15, 0.2) is 48.5 Å². The van der Waals surface area contributed by atoms with Crippen molar-refractivity contribution < 1.29 is 9.59 Å². The summed E-state index contributed by atoms with van der Waals surface area (Å²) in [5.74, 6) is 0.401. The number of carbonyl (C=O) groups excluding carboxylic acids is 2. The minimum atomic E-state index is -0.352. The Morgan fingerprint density at radius 3 is 2.36 bits per heavy atom. The Labute approximate surface area is 167 Å². The van der Waals surface area contributed by atoms with Crippen LogP contribution in [0.25, 0.3) is 0 Å². The average molecular weight is 380 g/mol. The summed E-state index contributed by atoms with van der Waals surface area (Å²) in [6.45, 7) is 8.00. The van der Waals surface area contributed by atoms with Crippen LogP contribution in [0.3, 0.4) is 0 Å². The van der Waals surface area contributed by atoms with E-state index in [4.69, 9.17) is 0 Å². The van der Waals surface area contributed by atoms with Crippen LogP contribution < -0.4 is 15.5 Å². The number of hydrogen-bond donors (Lipinski definition) is 2. The Kier molecular flexibility index (Phi) is 6.02. The highest BCUT2D eigenvalue weighted by molar-refractivity contribution is 6.00. The second-order valence-electron chi connectivity index (χ2n) is 7.98. The quantitative estimate of drug-likeness (QED) is 0.779. The Balaban J connectivity index is 1.62. The van der Waals surface area contributed by atoms with Gasteiger partial charge in [0.1, 0.15) is 6.04 Å². The van der Waals surface area contributed by atoms with Crippen molar-refractivity contribution >= 4 is 28.9 Å². The first-order valence-corrected chi connectivity index (χ1v) is 9.92. The lowest BCUT2D eigenvalue weighted by Gasteiger charge is -2.27. The number of nitrogens with one attached hydrogen (secondary N) is 2. The van der Waals surface area contributed by atoms with E-state index in [1.165, 1.54) is 5.56 Å². The molecule has 5 nitrogen and oxygen atoms in total. The van der Waals surface area contributed by atoms with E-state index in [1.807, 2.05) is 68.1 Å². The molecule has 0 spiro atoms. The van der Waals surface area contributed by atoms with Crippen LogP contribution in [0, 0.1) is 5.92 Å². The predicted molar refractivity (Wildman–Crippen MR) is 115 cm³/mol. The topological polar surface area (TPSA) is 61.4 Å². The Morgan fingerprint density at radius 1 is 1.04 bits per heavy atom. The average Bonchev–Trinajstić information content (AvgIpc) is 2.97. The molecule has 0 aromatic heterocycles. The van der Waals surface area contributed by atoms with Gasteiger partial charge in [-0.3, -0.25) is 9.59 Å². The number of hydrogen-bond acceptors (Lipinski definition) is 3. The molecule has 2 atom stereocenters. The highest BCUT2D eigenvalue weighted by atomic mass is 16.2. The molecule has 148 valence electrons. The lowest BCUT2D eigenvalue weighted by atomic mass is 10.1. The van der Waals surface area contributed by atoms with Crippen molar-refractivity contribution in [3.05, 3.63) is 54.1 Å². The van der Waals surface area contributed by atoms with E-state index in [9.17, 15) is 9.59 Å². The summed E-state index contributed by atoms with van der Waals surface area (Å²) in [6, 6.07) is 15.4. The number of fused-ring (bicyclic) bond motifs is 1.